The molecular weight excluding hydrogens is 434 g/mol. The lowest BCUT2D eigenvalue weighted by Crippen LogP contribution is -2.30. The molecule has 0 saturated carbocycles. The fourth-order valence-electron chi connectivity index (χ4n) is 2.03. The second-order valence-corrected chi connectivity index (χ2v) is 6.63. The molecule has 122 valence electrons. The highest BCUT2D eigenvalue weighted by atomic mass is 79.9. The molecule has 0 fully saturated rings. The highest BCUT2D eigenvalue weighted by molar-refractivity contribution is 9.10. The Morgan fingerprint density at radius 3 is 2.52 bits per heavy atom. The molecule has 3 nitrogen and oxygen atoms in total. The molecule has 2 N–H and O–H groups in total. The number of benzene rings is 2. The molecule has 2 aromatic carbocycles. The van der Waals surface area contributed by atoms with Crippen LogP contribution in [0.4, 0.5) is 14.5 Å². The number of hydrogen-bond acceptors (Lipinski definition) is 2. The van der Waals surface area contributed by atoms with E-state index in [-0.39, 0.29) is 22.7 Å². The fourth-order valence-corrected chi connectivity index (χ4v) is 3.16. The lowest BCUT2D eigenvalue weighted by molar-refractivity contribution is -0.115. The largest absolute Gasteiger partial charge is 0.322 e. The van der Waals surface area contributed by atoms with E-state index in [0.29, 0.717) is 0 Å². The number of hydrogen-bond donors (Lipinski definition) is 2. The lowest BCUT2D eigenvalue weighted by Gasteiger charge is -2.16. The summed E-state index contributed by atoms with van der Waals surface area (Å²) < 4.78 is 27.8. The van der Waals surface area contributed by atoms with Crippen molar-refractivity contribution in [3.8, 4) is 0 Å². The second kappa shape index (κ2) is 7.99. The molecule has 0 aliphatic heterocycles. The van der Waals surface area contributed by atoms with Crippen LogP contribution in [0.3, 0.4) is 0 Å². The van der Waals surface area contributed by atoms with Gasteiger partial charge in [-0.2, -0.15) is 0 Å². The first kappa shape index (κ1) is 18.0. The molecule has 1 amide bonds. The van der Waals surface area contributed by atoms with Crippen LogP contribution in [0.15, 0.2) is 45.3 Å². The van der Waals surface area contributed by atoms with Gasteiger partial charge in [0.1, 0.15) is 5.82 Å². The van der Waals surface area contributed by atoms with Crippen molar-refractivity contribution in [2.24, 2.45) is 0 Å². The maximum atomic E-state index is 13.7. The van der Waals surface area contributed by atoms with Gasteiger partial charge in [-0.1, -0.05) is 34.1 Å². The summed E-state index contributed by atoms with van der Waals surface area (Å²) in [5, 5.41) is 5.48. The van der Waals surface area contributed by atoms with E-state index in [1.165, 1.54) is 0 Å². The predicted octanol–water partition coefficient (Wildman–Crippen LogP) is 4.78. The van der Waals surface area contributed by atoms with Crippen molar-refractivity contribution in [1.29, 1.82) is 0 Å². The Bertz CT molecular complexity index is 702. The van der Waals surface area contributed by atoms with E-state index in [4.69, 9.17) is 0 Å². The first-order valence-corrected chi connectivity index (χ1v) is 8.39. The van der Waals surface area contributed by atoms with Crippen molar-refractivity contribution in [2.45, 2.75) is 13.0 Å². The van der Waals surface area contributed by atoms with Crippen LogP contribution in [0, 0.1) is 11.6 Å². The van der Waals surface area contributed by atoms with Gasteiger partial charge in [0, 0.05) is 21.1 Å². The molecule has 7 heteroatoms. The van der Waals surface area contributed by atoms with E-state index >= 15 is 0 Å². The van der Waals surface area contributed by atoms with Gasteiger partial charge in [-0.25, -0.2) is 8.78 Å². The summed E-state index contributed by atoms with van der Waals surface area (Å²) in [6.45, 7) is 1.91. The second-order valence-electron chi connectivity index (χ2n) is 4.92. The summed E-state index contributed by atoms with van der Waals surface area (Å²) in [7, 11) is 0. The molecule has 0 bridgehead atoms. The zero-order valence-electron chi connectivity index (χ0n) is 12.2. The highest BCUT2D eigenvalue weighted by Gasteiger charge is 2.14. The molecule has 0 aromatic heterocycles. The van der Waals surface area contributed by atoms with E-state index in [2.05, 4.69) is 42.5 Å². The number of amides is 1. The minimum Gasteiger partial charge on any atom is -0.322 e. The van der Waals surface area contributed by atoms with Crippen molar-refractivity contribution >= 4 is 43.5 Å². The van der Waals surface area contributed by atoms with Crippen molar-refractivity contribution in [3.63, 3.8) is 0 Å². The van der Waals surface area contributed by atoms with Gasteiger partial charge < -0.3 is 10.6 Å². The van der Waals surface area contributed by atoms with Crippen molar-refractivity contribution < 1.29 is 13.6 Å². The molecule has 0 spiro atoms. The molecule has 0 saturated heterocycles. The standard InChI is InChI=1S/C16H14Br2F2N2O/c1-9(11-4-2-3-5-12(11)17)21-8-15(23)22-16-13(18)6-10(19)7-14(16)20/h2-7,9,21H,8H2,1H3,(H,22,23). The zero-order valence-corrected chi connectivity index (χ0v) is 15.3. The topological polar surface area (TPSA) is 41.1 Å². The summed E-state index contributed by atoms with van der Waals surface area (Å²) in [6.07, 6.45) is 0. The van der Waals surface area contributed by atoms with Gasteiger partial charge in [-0.3, -0.25) is 4.79 Å². The Labute approximate surface area is 149 Å². The van der Waals surface area contributed by atoms with Gasteiger partial charge in [0.25, 0.3) is 0 Å². The minimum atomic E-state index is -0.830. The first-order chi connectivity index (χ1) is 10.9. The number of halogens is 4. The Balaban J connectivity index is 1.97. The van der Waals surface area contributed by atoms with Gasteiger partial charge in [-0.15, -0.1) is 0 Å². The molecular formula is C16H14Br2F2N2O. The third kappa shape index (κ3) is 4.83. The van der Waals surface area contributed by atoms with Crippen LogP contribution in [0.2, 0.25) is 0 Å². The lowest BCUT2D eigenvalue weighted by atomic mass is 10.1. The van der Waals surface area contributed by atoms with E-state index in [1.54, 1.807) is 0 Å². The van der Waals surface area contributed by atoms with Gasteiger partial charge >= 0.3 is 0 Å². The summed E-state index contributed by atoms with van der Waals surface area (Å²) in [5.41, 5.74) is 0.932. The Kier molecular flexibility index (Phi) is 6.26. The van der Waals surface area contributed by atoms with Crippen LogP contribution < -0.4 is 10.6 Å². The molecule has 1 unspecified atom stereocenters. The summed E-state index contributed by atoms with van der Waals surface area (Å²) in [5.74, 6) is -1.97. The molecule has 1 atom stereocenters. The third-order valence-electron chi connectivity index (χ3n) is 3.21. The first-order valence-electron chi connectivity index (χ1n) is 6.80. The Morgan fingerprint density at radius 2 is 1.87 bits per heavy atom. The monoisotopic (exact) mass is 446 g/mol. The zero-order chi connectivity index (χ0) is 17.0. The maximum Gasteiger partial charge on any atom is 0.238 e. The normalized spacial score (nSPS) is 12.0. The van der Waals surface area contributed by atoms with E-state index in [0.717, 1.165) is 22.2 Å². The van der Waals surface area contributed by atoms with Gasteiger partial charge in [0.15, 0.2) is 5.82 Å². The molecule has 0 aliphatic rings. The molecule has 0 aliphatic carbocycles. The average molecular weight is 448 g/mol. The summed E-state index contributed by atoms with van der Waals surface area (Å²) in [6, 6.07) is 9.41. The molecule has 23 heavy (non-hydrogen) atoms. The number of rotatable bonds is 5. The number of anilines is 1. The number of carbonyl (C=O) groups is 1. The van der Waals surface area contributed by atoms with Gasteiger partial charge in [0.2, 0.25) is 5.91 Å². The molecule has 2 aromatic rings. The quantitative estimate of drug-likeness (QED) is 0.692. The highest BCUT2D eigenvalue weighted by Crippen LogP contribution is 2.27. The van der Waals surface area contributed by atoms with Crippen molar-refractivity contribution in [2.75, 3.05) is 11.9 Å². The predicted molar refractivity (Wildman–Crippen MR) is 93.2 cm³/mol. The minimum absolute atomic E-state index is 0.00818. The average Bonchev–Trinajstić information content (AvgIpc) is 2.49. The van der Waals surface area contributed by atoms with Crippen molar-refractivity contribution in [3.05, 3.63) is 62.5 Å². The van der Waals surface area contributed by atoms with Gasteiger partial charge in [-0.05, 0) is 40.5 Å². The van der Waals surface area contributed by atoms with Gasteiger partial charge in [0.05, 0.1) is 12.2 Å². The maximum absolute atomic E-state index is 13.7. The fraction of sp³-hybridized carbons (Fsp3) is 0.188. The van der Waals surface area contributed by atoms with Crippen molar-refractivity contribution in [1.82, 2.24) is 5.32 Å². The summed E-state index contributed by atoms with van der Waals surface area (Å²) >= 11 is 6.48. The van der Waals surface area contributed by atoms with E-state index in [9.17, 15) is 13.6 Å². The Hall–Kier alpha value is -1.31. The van der Waals surface area contributed by atoms with Crippen LogP contribution >= 0.6 is 31.9 Å². The van der Waals surface area contributed by atoms with E-state index < -0.39 is 17.5 Å². The van der Waals surface area contributed by atoms with Crippen LogP contribution in [0.5, 0.6) is 0 Å². The van der Waals surface area contributed by atoms with Crippen LogP contribution in [0.25, 0.3) is 0 Å². The number of nitrogens with one attached hydrogen (secondary N) is 2. The molecule has 0 heterocycles. The third-order valence-corrected chi connectivity index (χ3v) is 4.56. The smallest absolute Gasteiger partial charge is 0.238 e. The van der Waals surface area contributed by atoms with Crippen LogP contribution in [-0.2, 0) is 4.79 Å². The molecule has 2 rings (SSSR count). The molecule has 0 radical (unpaired) electrons. The SMILES string of the molecule is CC(NCC(=O)Nc1c(F)cc(F)cc1Br)c1ccccc1Br. The van der Waals surface area contributed by atoms with E-state index in [1.807, 2.05) is 31.2 Å². The Morgan fingerprint density at radius 1 is 1.17 bits per heavy atom. The number of carbonyl (C=O) groups excluding carboxylic acids is 1. The van der Waals surface area contributed by atoms with Crippen LogP contribution in [-0.4, -0.2) is 12.5 Å². The summed E-state index contributed by atoms with van der Waals surface area (Å²) in [4.78, 5) is 12.0. The van der Waals surface area contributed by atoms with Crippen LogP contribution in [0.1, 0.15) is 18.5 Å².